The Bertz CT molecular complexity index is 671. The molecule has 1 aliphatic rings. The van der Waals surface area contributed by atoms with E-state index in [1.165, 1.54) is 22.5 Å². The van der Waals surface area contributed by atoms with E-state index in [0.717, 1.165) is 24.5 Å². The SMILES string of the molecule is CCOC(=O)c1ncc(CN2Cc3ccccc3C(N)C2)s1. The standard InChI is InChI=1S/C16H19N3O2S/c1-2-21-16(20)15-18-7-12(22-15)9-19-8-11-5-3-4-6-13(11)14(17)10-19/h3-7,14H,2,8-10,17H2,1H3. The lowest BCUT2D eigenvalue weighted by atomic mass is 9.96. The monoisotopic (exact) mass is 317 g/mol. The number of nitrogens with two attached hydrogens (primary N) is 1. The summed E-state index contributed by atoms with van der Waals surface area (Å²) in [6, 6.07) is 8.33. The summed E-state index contributed by atoms with van der Waals surface area (Å²) in [5.41, 5.74) is 8.76. The van der Waals surface area contributed by atoms with Crippen molar-refractivity contribution >= 4 is 17.3 Å². The van der Waals surface area contributed by atoms with Crippen LogP contribution in [0.4, 0.5) is 0 Å². The van der Waals surface area contributed by atoms with Gasteiger partial charge in [-0.05, 0) is 18.1 Å². The Morgan fingerprint density at radius 1 is 1.50 bits per heavy atom. The average molecular weight is 317 g/mol. The number of benzene rings is 1. The van der Waals surface area contributed by atoms with E-state index in [1.807, 2.05) is 12.1 Å². The molecule has 116 valence electrons. The zero-order chi connectivity index (χ0) is 15.5. The van der Waals surface area contributed by atoms with Crippen molar-refractivity contribution in [1.29, 1.82) is 0 Å². The van der Waals surface area contributed by atoms with Crippen LogP contribution < -0.4 is 5.73 Å². The number of hydrogen-bond acceptors (Lipinski definition) is 6. The average Bonchev–Trinajstić information content (AvgIpc) is 2.96. The molecule has 1 aromatic carbocycles. The van der Waals surface area contributed by atoms with Crippen molar-refractivity contribution in [2.45, 2.75) is 26.1 Å². The van der Waals surface area contributed by atoms with Crippen molar-refractivity contribution in [3.63, 3.8) is 0 Å². The van der Waals surface area contributed by atoms with Crippen LogP contribution in [0, 0.1) is 0 Å². The van der Waals surface area contributed by atoms with Crippen molar-refractivity contribution in [3.8, 4) is 0 Å². The zero-order valence-corrected chi connectivity index (χ0v) is 13.3. The minimum atomic E-state index is -0.348. The molecular formula is C16H19N3O2S. The predicted octanol–water partition coefficient (Wildman–Crippen LogP) is 2.34. The molecule has 6 heteroatoms. The number of rotatable bonds is 4. The maximum atomic E-state index is 11.7. The summed E-state index contributed by atoms with van der Waals surface area (Å²) < 4.78 is 4.97. The molecule has 1 unspecified atom stereocenters. The fourth-order valence-electron chi connectivity index (χ4n) is 2.73. The van der Waals surface area contributed by atoms with Gasteiger partial charge in [-0.1, -0.05) is 24.3 Å². The van der Waals surface area contributed by atoms with Crippen LogP contribution in [0.1, 0.15) is 38.8 Å². The van der Waals surface area contributed by atoms with Crippen LogP contribution in [-0.4, -0.2) is 29.0 Å². The normalized spacial score (nSPS) is 18.0. The fourth-order valence-corrected chi connectivity index (χ4v) is 3.58. The minimum absolute atomic E-state index is 0.0300. The van der Waals surface area contributed by atoms with Crippen molar-refractivity contribution in [2.24, 2.45) is 5.73 Å². The molecule has 2 N–H and O–H groups in total. The molecule has 0 saturated carbocycles. The van der Waals surface area contributed by atoms with Gasteiger partial charge in [-0.15, -0.1) is 11.3 Å². The van der Waals surface area contributed by atoms with E-state index in [9.17, 15) is 4.79 Å². The van der Waals surface area contributed by atoms with Crippen LogP contribution in [0.25, 0.3) is 0 Å². The van der Waals surface area contributed by atoms with E-state index in [1.54, 1.807) is 13.1 Å². The fraction of sp³-hybridized carbons (Fsp3) is 0.375. The summed E-state index contributed by atoms with van der Waals surface area (Å²) in [6.07, 6.45) is 1.75. The van der Waals surface area contributed by atoms with Crippen molar-refractivity contribution < 1.29 is 9.53 Å². The third kappa shape index (κ3) is 3.19. The number of nitrogens with zero attached hydrogens (tertiary/aromatic N) is 2. The van der Waals surface area contributed by atoms with E-state index in [0.29, 0.717) is 11.6 Å². The summed E-state index contributed by atoms with van der Waals surface area (Å²) in [5.74, 6) is -0.348. The summed E-state index contributed by atoms with van der Waals surface area (Å²) in [4.78, 5) is 19.1. The minimum Gasteiger partial charge on any atom is -0.461 e. The molecule has 22 heavy (non-hydrogen) atoms. The lowest BCUT2D eigenvalue weighted by molar-refractivity contribution is 0.0526. The number of esters is 1. The Kier molecular flexibility index (Phi) is 4.52. The highest BCUT2D eigenvalue weighted by atomic mass is 32.1. The van der Waals surface area contributed by atoms with Gasteiger partial charge in [0.15, 0.2) is 0 Å². The zero-order valence-electron chi connectivity index (χ0n) is 12.5. The second kappa shape index (κ2) is 6.56. The molecule has 0 aliphatic carbocycles. The Hall–Kier alpha value is -1.76. The van der Waals surface area contributed by atoms with E-state index >= 15 is 0 Å². The van der Waals surface area contributed by atoms with E-state index in [4.69, 9.17) is 10.5 Å². The number of ether oxygens (including phenoxy) is 1. The second-order valence-corrected chi connectivity index (χ2v) is 6.44. The molecule has 5 nitrogen and oxygen atoms in total. The molecule has 2 aromatic rings. The third-order valence-electron chi connectivity index (χ3n) is 3.69. The Labute approximate surface area is 133 Å². The molecule has 1 aliphatic heterocycles. The second-order valence-electron chi connectivity index (χ2n) is 5.33. The molecule has 0 radical (unpaired) electrons. The van der Waals surface area contributed by atoms with Crippen molar-refractivity contribution in [3.05, 3.63) is 51.5 Å². The molecule has 0 saturated heterocycles. The summed E-state index contributed by atoms with van der Waals surface area (Å²) >= 11 is 1.39. The highest BCUT2D eigenvalue weighted by Crippen LogP contribution is 2.26. The van der Waals surface area contributed by atoms with Gasteiger partial charge in [0.05, 0.1) is 6.61 Å². The van der Waals surface area contributed by atoms with Crippen LogP contribution in [-0.2, 0) is 17.8 Å². The largest absolute Gasteiger partial charge is 0.461 e. The molecule has 3 rings (SSSR count). The first-order valence-electron chi connectivity index (χ1n) is 7.35. The van der Waals surface area contributed by atoms with Gasteiger partial charge < -0.3 is 10.5 Å². The van der Waals surface area contributed by atoms with Crippen LogP contribution >= 0.6 is 11.3 Å². The van der Waals surface area contributed by atoms with Gasteiger partial charge in [-0.3, -0.25) is 4.90 Å². The highest BCUT2D eigenvalue weighted by molar-refractivity contribution is 7.13. The first-order chi connectivity index (χ1) is 10.7. The van der Waals surface area contributed by atoms with Crippen molar-refractivity contribution in [2.75, 3.05) is 13.2 Å². The van der Waals surface area contributed by atoms with Gasteiger partial charge in [0.1, 0.15) is 0 Å². The van der Waals surface area contributed by atoms with Gasteiger partial charge in [0.2, 0.25) is 5.01 Å². The van der Waals surface area contributed by atoms with Crippen LogP contribution in [0.3, 0.4) is 0 Å². The number of thiazole rings is 1. The first-order valence-corrected chi connectivity index (χ1v) is 8.16. The maximum Gasteiger partial charge on any atom is 0.367 e. The molecule has 0 amide bonds. The summed E-state index contributed by atoms with van der Waals surface area (Å²) in [6.45, 7) is 4.59. The lowest BCUT2D eigenvalue weighted by Gasteiger charge is -2.32. The number of aromatic nitrogens is 1. The maximum absolute atomic E-state index is 11.7. The van der Waals surface area contributed by atoms with Crippen LogP contribution in [0.2, 0.25) is 0 Å². The quantitative estimate of drug-likeness (QED) is 0.877. The van der Waals surface area contributed by atoms with Crippen molar-refractivity contribution in [1.82, 2.24) is 9.88 Å². The van der Waals surface area contributed by atoms with Crippen LogP contribution in [0.15, 0.2) is 30.5 Å². The molecule has 1 aromatic heterocycles. The van der Waals surface area contributed by atoms with Gasteiger partial charge in [0.25, 0.3) is 0 Å². The number of fused-ring (bicyclic) bond motifs is 1. The lowest BCUT2D eigenvalue weighted by Crippen LogP contribution is -2.36. The topological polar surface area (TPSA) is 68.5 Å². The van der Waals surface area contributed by atoms with Gasteiger partial charge in [0, 0.05) is 36.8 Å². The molecule has 0 spiro atoms. The highest BCUT2D eigenvalue weighted by Gasteiger charge is 2.23. The Balaban J connectivity index is 1.69. The third-order valence-corrected chi connectivity index (χ3v) is 4.65. The van der Waals surface area contributed by atoms with Gasteiger partial charge in [-0.25, -0.2) is 9.78 Å². The molecule has 1 atom stereocenters. The molecule has 2 heterocycles. The number of hydrogen-bond donors (Lipinski definition) is 1. The first kappa shape index (κ1) is 15.1. The van der Waals surface area contributed by atoms with Crippen LogP contribution in [0.5, 0.6) is 0 Å². The van der Waals surface area contributed by atoms with E-state index < -0.39 is 0 Å². The molecular weight excluding hydrogens is 298 g/mol. The smallest absolute Gasteiger partial charge is 0.367 e. The number of carbonyl (C=O) groups excluding carboxylic acids is 1. The van der Waals surface area contributed by atoms with Gasteiger partial charge in [-0.2, -0.15) is 0 Å². The Morgan fingerprint density at radius 2 is 2.32 bits per heavy atom. The number of carbonyl (C=O) groups is 1. The van der Waals surface area contributed by atoms with E-state index in [-0.39, 0.29) is 12.0 Å². The molecule has 0 fully saturated rings. The summed E-state index contributed by atoms with van der Waals surface area (Å²) in [7, 11) is 0. The van der Waals surface area contributed by atoms with E-state index in [2.05, 4.69) is 22.0 Å². The van der Waals surface area contributed by atoms with Gasteiger partial charge >= 0.3 is 5.97 Å². The molecule has 0 bridgehead atoms. The Morgan fingerprint density at radius 3 is 3.14 bits per heavy atom. The summed E-state index contributed by atoms with van der Waals surface area (Å²) in [5, 5.41) is 0.415. The predicted molar refractivity (Wildman–Crippen MR) is 85.6 cm³/mol.